The van der Waals surface area contributed by atoms with Crippen LogP contribution in [0.1, 0.15) is 105 Å². The Kier molecular flexibility index (Phi) is 14.5. The average Bonchev–Trinajstić information content (AvgIpc) is 3.06. The van der Waals surface area contributed by atoms with Gasteiger partial charge in [-0.05, 0) is 53.4 Å². The molecule has 0 aliphatic carbocycles. The minimum Gasteiger partial charge on any atom is -0.431 e. The summed E-state index contributed by atoms with van der Waals surface area (Å²) in [5.74, 6) is 0.408. The Balaban J connectivity index is 2.21. The van der Waals surface area contributed by atoms with Gasteiger partial charge in [-0.15, -0.1) is 11.8 Å². The smallest absolute Gasteiger partial charge is 0.310 e. The van der Waals surface area contributed by atoms with Crippen molar-refractivity contribution in [3.8, 4) is 0 Å². The second-order valence-electron chi connectivity index (χ2n) is 10.2. The molecule has 0 radical (unpaired) electrons. The first-order chi connectivity index (χ1) is 16.0. The third-order valence-corrected chi connectivity index (χ3v) is 6.89. The summed E-state index contributed by atoms with van der Waals surface area (Å²) in [6.45, 7) is 10.1. The van der Waals surface area contributed by atoms with Crippen LogP contribution in [-0.4, -0.2) is 57.1 Å². The zero-order valence-corrected chi connectivity index (χ0v) is 22.7. The van der Waals surface area contributed by atoms with Gasteiger partial charge in [0.1, 0.15) is 5.76 Å². The quantitative estimate of drug-likeness (QED) is 0.136. The van der Waals surface area contributed by atoms with E-state index in [1.807, 2.05) is 25.7 Å². The first-order valence-electron chi connectivity index (χ1n) is 12.8. The van der Waals surface area contributed by atoms with Gasteiger partial charge in [-0.25, -0.2) is 0 Å². The number of aliphatic hydroxyl groups is 1. The molecule has 7 nitrogen and oxygen atoms in total. The molecule has 2 N–H and O–H groups in total. The number of unbranched alkanes of at least 4 members (excludes halogenated alkanes) is 5. The van der Waals surface area contributed by atoms with E-state index < -0.39 is 0 Å². The van der Waals surface area contributed by atoms with Crippen LogP contribution in [-0.2, 0) is 19.1 Å². The lowest BCUT2D eigenvalue weighted by molar-refractivity contribution is -0.139. The molecule has 2 atom stereocenters. The number of carbonyl (C=O) groups excluding carboxylic acids is 3. The molecule has 0 spiro atoms. The zero-order valence-electron chi connectivity index (χ0n) is 21.9. The molecule has 1 aliphatic heterocycles. The summed E-state index contributed by atoms with van der Waals surface area (Å²) < 4.78 is 5.22. The van der Waals surface area contributed by atoms with E-state index in [-0.39, 0.29) is 34.8 Å². The van der Waals surface area contributed by atoms with E-state index in [0.717, 1.165) is 57.8 Å². The third-order valence-electron chi connectivity index (χ3n) is 5.60. The molecule has 0 aromatic rings. The lowest BCUT2D eigenvalue weighted by atomic mass is 10.1. The first-order valence-corrected chi connectivity index (χ1v) is 13.9. The van der Waals surface area contributed by atoms with Crippen molar-refractivity contribution in [2.45, 2.75) is 122 Å². The maximum Gasteiger partial charge on any atom is 0.310 e. The second kappa shape index (κ2) is 16.2. The summed E-state index contributed by atoms with van der Waals surface area (Å²) in [6, 6.07) is 0. The zero-order chi connectivity index (χ0) is 25.6. The molecule has 1 heterocycles. The van der Waals surface area contributed by atoms with Gasteiger partial charge in [-0.2, -0.15) is 0 Å². The van der Waals surface area contributed by atoms with E-state index in [9.17, 15) is 19.5 Å². The van der Waals surface area contributed by atoms with Crippen LogP contribution in [0.2, 0.25) is 0 Å². The average molecular weight is 499 g/mol. The Hall–Kier alpha value is -1.54. The molecule has 196 valence electrons. The van der Waals surface area contributed by atoms with Gasteiger partial charge in [0.15, 0.2) is 0 Å². The predicted molar refractivity (Wildman–Crippen MR) is 138 cm³/mol. The Morgan fingerprint density at radius 3 is 2.56 bits per heavy atom. The highest BCUT2D eigenvalue weighted by Crippen LogP contribution is 2.29. The second-order valence-corrected chi connectivity index (χ2v) is 11.4. The number of hydrogen-bond acceptors (Lipinski definition) is 6. The van der Waals surface area contributed by atoms with Crippen LogP contribution >= 0.6 is 11.8 Å². The van der Waals surface area contributed by atoms with Crippen molar-refractivity contribution in [2.75, 3.05) is 12.3 Å². The number of carbonyl (C=O) groups is 3. The van der Waals surface area contributed by atoms with Crippen LogP contribution in [0.25, 0.3) is 0 Å². The number of nitrogens with zero attached hydrogens (tertiary/aromatic N) is 1. The summed E-state index contributed by atoms with van der Waals surface area (Å²) in [6.07, 6.45) is 10.7. The van der Waals surface area contributed by atoms with E-state index in [0.29, 0.717) is 30.9 Å². The molecule has 2 amide bonds. The standard InChI is InChI=1S/C26H46N2O5S/c1-6-7-10-13-21(29)16-17-28-23(31)19-34-24(28)14-11-8-9-12-15-25(32)33-20(2)18-22(30)27-26(3,4)5/h18,21,24,29H,6-17,19H2,1-5H3,(H,27,30)/b20-18-. The van der Waals surface area contributed by atoms with Crippen LogP contribution in [0.3, 0.4) is 0 Å². The minimum atomic E-state index is -0.339. The largest absolute Gasteiger partial charge is 0.431 e. The molecule has 2 unspecified atom stereocenters. The van der Waals surface area contributed by atoms with Crippen molar-refractivity contribution >= 4 is 29.5 Å². The molecule has 1 rings (SSSR count). The summed E-state index contributed by atoms with van der Waals surface area (Å²) in [7, 11) is 0. The van der Waals surface area contributed by atoms with Gasteiger partial charge >= 0.3 is 5.97 Å². The van der Waals surface area contributed by atoms with Crippen molar-refractivity contribution in [1.29, 1.82) is 0 Å². The molecular formula is C26H46N2O5S. The fraction of sp³-hybridized carbons (Fsp3) is 0.808. The number of allylic oxidation sites excluding steroid dienone is 1. The lowest BCUT2D eigenvalue weighted by Crippen LogP contribution is -2.39. The third kappa shape index (κ3) is 14.0. The predicted octanol–water partition coefficient (Wildman–Crippen LogP) is 4.92. The molecule has 0 saturated carbocycles. The fourth-order valence-corrected chi connectivity index (χ4v) is 5.10. The SMILES string of the molecule is CCCCCC(O)CCN1C(=O)CSC1CCCCCCC(=O)O/C(C)=C\C(=O)NC(C)(C)C. The maximum atomic E-state index is 12.2. The number of hydrogen-bond donors (Lipinski definition) is 2. The first kappa shape index (κ1) is 30.5. The number of esters is 1. The van der Waals surface area contributed by atoms with Gasteiger partial charge in [0.05, 0.1) is 17.2 Å². The molecule has 0 aromatic carbocycles. The van der Waals surface area contributed by atoms with E-state index >= 15 is 0 Å². The molecule has 34 heavy (non-hydrogen) atoms. The highest BCUT2D eigenvalue weighted by atomic mass is 32.2. The van der Waals surface area contributed by atoms with Gasteiger partial charge in [0, 0.05) is 24.6 Å². The van der Waals surface area contributed by atoms with Gasteiger partial charge in [-0.1, -0.05) is 45.4 Å². The van der Waals surface area contributed by atoms with Crippen LogP contribution in [0.4, 0.5) is 0 Å². The van der Waals surface area contributed by atoms with Crippen molar-refractivity contribution < 1.29 is 24.2 Å². The van der Waals surface area contributed by atoms with Crippen molar-refractivity contribution in [3.05, 3.63) is 11.8 Å². The fourth-order valence-electron chi connectivity index (χ4n) is 3.86. The van der Waals surface area contributed by atoms with Crippen LogP contribution in [0, 0.1) is 0 Å². The normalized spacial score (nSPS) is 17.7. The number of thioether (sulfide) groups is 1. The molecule has 1 saturated heterocycles. The molecule has 8 heteroatoms. The Labute approximate surface area is 210 Å². The molecule has 1 aliphatic rings. The molecule has 0 aromatic heterocycles. The van der Waals surface area contributed by atoms with Crippen LogP contribution < -0.4 is 5.32 Å². The molecular weight excluding hydrogens is 452 g/mol. The summed E-state index contributed by atoms with van der Waals surface area (Å²) in [5.41, 5.74) is -0.339. The monoisotopic (exact) mass is 498 g/mol. The van der Waals surface area contributed by atoms with Gasteiger partial charge in [-0.3, -0.25) is 14.4 Å². The van der Waals surface area contributed by atoms with Gasteiger partial charge in [0.2, 0.25) is 11.8 Å². The van der Waals surface area contributed by atoms with E-state index in [4.69, 9.17) is 4.74 Å². The number of aliphatic hydroxyl groups excluding tert-OH is 1. The Morgan fingerprint density at radius 1 is 1.18 bits per heavy atom. The maximum absolute atomic E-state index is 12.2. The number of nitrogens with one attached hydrogen (secondary N) is 1. The summed E-state index contributed by atoms with van der Waals surface area (Å²) >= 11 is 1.70. The highest BCUT2D eigenvalue weighted by Gasteiger charge is 2.31. The van der Waals surface area contributed by atoms with Crippen LogP contribution in [0.5, 0.6) is 0 Å². The number of amides is 2. The summed E-state index contributed by atoms with van der Waals surface area (Å²) in [4.78, 5) is 38.0. The molecule has 0 bridgehead atoms. The van der Waals surface area contributed by atoms with Crippen LogP contribution in [0.15, 0.2) is 11.8 Å². The van der Waals surface area contributed by atoms with Gasteiger partial charge in [0.25, 0.3) is 0 Å². The van der Waals surface area contributed by atoms with E-state index in [2.05, 4.69) is 12.2 Å². The topological polar surface area (TPSA) is 95.9 Å². The highest BCUT2D eigenvalue weighted by molar-refractivity contribution is 8.00. The lowest BCUT2D eigenvalue weighted by Gasteiger charge is -2.25. The van der Waals surface area contributed by atoms with E-state index in [1.54, 1.807) is 18.7 Å². The number of ether oxygens (including phenoxy) is 1. The minimum absolute atomic E-state index is 0.179. The van der Waals surface area contributed by atoms with Gasteiger partial charge < -0.3 is 20.1 Å². The number of rotatable bonds is 16. The van der Waals surface area contributed by atoms with E-state index in [1.165, 1.54) is 6.08 Å². The molecule has 1 fully saturated rings. The van der Waals surface area contributed by atoms with Crippen molar-refractivity contribution in [2.24, 2.45) is 0 Å². The Morgan fingerprint density at radius 2 is 1.88 bits per heavy atom. The van der Waals surface area contributed by atoms with Crippen molar-refractivity contribution in [3.63, 3.8) is 0 Å². The summed E-state index contributed by atoms with van der Waals surface area (Å²) in [5, 5.41) is 13.2. The Bertz CT molecular complexity index is 675. The van der Waals surface area contributed by atoms with Crippen molar-refractivity contribution in [1.82, 2.24) is 10.2 Å².